The molecule has 0 saturated carbocycles. The maximum absolute atomic E-state index is 11.6. The maximum Gasteiger partial charge on any atom is 0.407 e. The standard InChI is InChI=1S/C19H30N4O5/c1-5-7-12-8-9-13(16(24)25)14(23-17(20)21)15(12)27-11-6-10-22-18(26)28-19(2,3)4/h8-9H,5-7,10-11H2,1-4H3,(H,22,26)(H,24,25)(H4,20,21,23). The average molecular weight is 394 g/mol. The average Bonchev–Trinajstić information content (AvgIpc) is 2.54. The van der Waals surface area contributed by atoms with Gasteiger partial charge in [0.25, 0.3) is 0 Å². The molecule has 9 nitrogen and oxygen atoms in total. The predicted molar refractivity (Wildman–Crippen MR) is 107 cm³/mol. The molecule has 0 fully saturated rings. The number of aromatic carboxylic acids is 1. The molecule has 0 bridgehead atoms. The summed E-state index contributed by atoms with van der Waals surface area (Å²) >= 11 is 0. The summed E-state index contributed by atoms with van der Waals surface area (Å²) in [6.45, 7) is 7.93. The van der Waals surface area contributed by atoms with Gasteiger partial charge in [-0.1, -0.05) is 19.4 Å². The molecule has 0 aliphatic heterocycles. The van der Waals surface area contributed by atoms with E-state index in [2.05, 4.69) is 10.3 Å². The van der Waals surface area contributed by atoms with Gasteiger partial charge in [-0.05, 0) is 45.2 Å². The van der Waals surface area contributed by atoms with Crippen molar-refractivity contribution in [3.05, 3.63) is 23.3 Å². The number of carbonyl (C=O) groups is 2. The van der Waals surface area contributed by atoms with Crippen molar-refractivity contribution < 1.29 is 24.2 Å². The monoisotopic (exact) mass is 394 g/mol. The number of amides is 1. The molecule has 1 amide bonds. The first-order valence-corrected chi connectivity index (χ1v) is 9.13. The summed E-state index contributed by atoms with van der Waals surface area (Å²) in [4.78, 5) is 27.1. The molecular weight excluding hydrogens is 364 g/mol. The lowest BCUT2D eigenvalue weighted by molar-refractivity contribution is 0.0524. The second-order valence-electron chi connectivity index (χ2n) is 7.17. The number of nitrogens with two attached hydrogens (primary N) is 2. The molecule has 0 saturated heterocycles. The first-order chi connectivity index (χ1) is 13.0. The fraction of sp³-hybridized carbons (Fsp3) is 0.526. The van der Waals surface area contributed by atoms with Gasteiger partial charge < -0.3 is 31.4 Å². The Kier molecular flexibility index (Phi) is 8.56. The number of benzene rings is 1. The second kappa shape index (κ2) is 10.4. The van der Waals surface area contributed by atoms with E-state index in [1.54, 1.807) is 26.8 Å². The summed E-state index contributed by atoms with van der Waals surface area (Å²) in [6.07, 6.45) is 1.50. The molecule has 0 aromatic heterocycles. The van der Waals surface area contributed by atoms with Gasteiger partial charge in [0.2, 0.25) is 0 Å². The summed E-state index contributed by atoms with van der Waals surface area (Å²) in [6, 6.07) is 3.17. The van der Waals surface area contributed by atoms with Crippen LogP contribution in [0.3, 0.4) is 0 Å². The molecule has 0 radical (unpaired) electrons. The third kappa shape index (κ3) is 7.73. The van der Waals surface area contributed by atoms with Gasteiger partial charge in [0, 0.05) is 6.54 Å². The molecule has 0 unspecified atom stereocenters. The van der Waals surface area contributed by atoms with Gasteiger partial charge in [0.05, 0.1) is 12.2 Å². The largest absolute Gasteiger partial charge is 0.491 e. The lowest BCUT2D eigenvalue weighted by Crippen LogP contribution is -2.33. The van der Waals surface area contributed by atoms with Crippen LogP contribution in [-0.2, 0) is 11.2 Å². The highest BCUT2D eigenvalue weighted by atomic mass is 16.6. The van der Waals surface area contributed by atoms with E-state index >= 15 is 0 Å². The van der Waals surface area contributed by atoms with Crippen molar-refractivity contribution in [1.29, 1.82) is 0 Å². The van der Waals surface area contributed by atoms with Crippen LogP contribution < -0.4 is 21.5 Å². The quantitative estimate of drug-likeness (QED) is 0.285. The summed E-state index contributed by atoms with van der Waals surface area (Å²) < 4.78 is 11.0. The molecule has 156 valence electrons. The van der Waals surface area contributed by atoms with Gasteiger partial charge in [-0.15, -0.1) is 0 Å². The number of carboxylic acids is 1. The van der Waals surface area contributed by atoms with E-state index in [-0.39, 0.29) is 23.8 Å². The highest BCUT2D eigenvalue weighted by Crippen LogP contribution is 2.36. The van der Waals surface area contributed by atoms with Crippen molar-refractivity contribution in [2.24, 2.45) is 16.5 Å². The summed E-state index contributed by atoms with van der Waals surface area (Å²) in [5.41, 5.74) is 11.2. The summed E-state index contributed by atoms with van der Waals surface area (Å²) in [7, 11) is 0. The Bertz CT molecular complexity index is 722. The first-order valence-electron chi connectivity index (χ1n) is 9.13. The first kappa shape index (κ1) is 23.1. The van der Waals surface area contributed by atoms with Gasteiger partial charge in [0.1, 0.15) is 17.0 Å². The van der Waals surface area contributed by atoms with Crippen LogP contribution in [0.1, 0.15) is 56.5 Å². The van der Waals surface area contributed by atoms with Gasteiger partial charge in [-0.2, -0.15) is 0 Å². The molecule has 0 aliphatic rings. The number of rotatable bonds is 9. The lowest BCUT2D eigenvalue weighted by atomic mass is 10.0. The predicted octanol–water partition coefficient (Wildman–Crippen LogP) is 2.54. The van der Waals surface area contributed by atoms with E-state index in [0.29, 0.717) is 25.1 Å². The fourth-order valence-corrected chi connectivity index (χ4v) is 2.40. The van der Waals surface area contributed by atoms with E-state index < -0.39 is 17.7 Å². The minimum atomic E-state index is -1.15. The molecule has 28 heavy (non-hydrogen) atoms. The van der Waals surface area contributed by atoms with E-state index in [0.717, 1.165) is 12.0 Å². The number of ether oxygens (including phenoxy) is 2. The third-order valence-electron chi connectivity index (χ3n) is 3.44. The minimum Gasteiger partial charge on any atom is -0.491 e. The van der Waals surface area contributed by atoms with Crippen molar-refractivity contribution in [3.63, 3.8) is 0 Å². The second-order valence-corrected chi connectivity index (χ2v) is 7.17. The Morgan fingerprint density at radius 1 is 1.25 bits per heavy atom. The Morgan fingerprint density at radius 3 is 2.46 bits per heavy atom. The van der Waals surface area contributed by atoms with Crippen LogP contribution in [0.15, 0.2) is 17.1 Å². The topological polar surface area (TPSA) is 149 Å². The molecule has 1 aromatic rings. The van der Waals surface area contributed by atoms with Gasteiger partial charge in [-0.25, -0.2) is 14.6 Å². The molecule has 1 aromatic carbocycles. The molecule has 9 heteroatoms. The van der Waals surface area contributed by atoms with Crippen molar-refractivity contribution in [3.8, 4) is 5.75 Å². The van der Waals surface area contributed by atoms with Crippen molar-refractivity contribution in [2.75, 3.05) is 13.2 Å². The molecule has 6 N–H and O–H groups in total. The van der Waals surface area contributed by atoms with Crippen LogP contribution in [-0.4, -0.2) is 41.9 Å². The Hall–Kier alpha value is -2.97. The summed E-state index contributed by atoms with van der Waals surface area (Å²) in [5.74, 6) is -1.07. The third-order valence-corrected chi connectivity index (χ3v) is 3.44. The van der Waals surface area contributed by atoms with Crippen molar-refractivity contribution in [2.45, 2.75) is 52.6 Å². The number of hydrogen-bond acceptors (Lipinski definition) is 5. The number of nitrogens with zero attached hydrogens (tertiary/aromatic N) is 1. The van der Waals surface area contributed by atoms with Crippen LogP contribution in [0.2, 0.25) is 0 Å². The zero-order chi connectivity index (χ0) is 21.3. The minimum absolute atomic E-state index is 0.0462. The van der Waals surface area contributed by atoms with E-state index in [1.807, 2.05) is 6.92 Å². The summed E-state index contributed by atoms with van der Waals surface area (Å²) in [5, 5.41) is 12.1. The van der Waals surface area contributed by atoms with Gasteiger partial charge >= 0.3 is 12.1 Å². The molecule has 0 spiro atoms. The highest BCUT2D eigenvalue weighted by Gasteiger charge is 2.19. The molecule has 0 atom stereocenters. The Morgan fingerprint density at radius 2 is 1.93 bits per heavy atom. The number of aliphatic imine (C=N–C) groups is 1. The smallest absolute Gasteiger partial charge is 0.407 e. The van der Waals surface area contributed by atoms with Gasteiger partial charge in [-0.3, -0.25) is 0 Å². The zero-order valence-corrected chi connectivity index (χ0v) is 16.9. The van der Waals surface area contributed by atoms with Crippen LogP contribution in [0.4, 0.5) is 10.5 Å². The SMILES string of the molecule is CCCc1ccc(C(=O)O)c(N=C(N)N)c1OCCCNC(=O)OC(C)(C)C. The van der Waals surface area contributed by atoms with Crippen molar-refractivity contribution in [1.82, 2.24) is 5.32 Å². The van der Waals surface area contributed by atoms with Crippen LogP contribution >= 0.6 is 0 Å². The number of nitrogens with one attached hydrogen (secondary N) is 1. The maximum atomic E-state index is 11.6. The van der Waals surface area contributed by atoms with Crippen molar-refractivity contribution >= 4 is 23.7 Å². The number of alkyl carbamates (subject to hydrolysis) is 1. The Balaban J connectivity index is 2.87. The van der Waals surface area contributed by atoms with E-state index in [4.69, 9.17) is 20.9 Å². The number of guanidine groups is 1. The Labute approximate surface area is 165 Å². The number of hydrogen-bond donors (Lipinski definition) is 4. The molecule has 0 heterocycles. The number of carboxylic acid groups (broad SMARTS) is 1. The number of carbonyl (C=O) groups excluding carboxylic acids is 1. The van der Waals surface area contributed by atoms with Crippen LogP contribution in [0.25, 0.3) is 0 Å². The van der Waals surface area contributed by atoms with Crippen LogP contribution in [0, 0.1) is 0 Å². The van der Waals surface area contributed by atoms with Gasteiger partial charge in [0.15, 0.2) is 5.96 Å². The molecule has 0 aliphatic carbocycles. The molecule has 1 rings (SSSR count). The molecular formula is C19H30N4O5. The lowest BCUT2D eigenvalue weighted by Gasteiger charge is -2.20. The van der Waals surface area contributed by atoms with E-state index in [1.165, 1.54) is 6.07 Å². The highest BCUT2D eigenvalue weighted by molar-refractivity contribution is 5.97. The van der Waals surface area contributed by atoms with E-state index in [9.17, 15) is 14.7 Å². The zero-order valence-electron chi connectivity index (χ0n) is 16.9. The number of aryl methyl sites for hydroxylation is 1. The van der Waals surface area contributed by atoms with Crippen LogP contribution in [0.5, 0.6) is 5.75 Å². The fourth-order valence-electron chi connectivity index (χ4n) is 2.40. The normalized spacial score (nSPS) is 10.9.